The van der Waals surface area contributed by atoms with Gasteiger partial charge in [-0.1, -0.05) is 127 Å². The zero-order valence-corrected chi connectivity index (χ0v) is 24.5. The molecule has 1 atom stereocenters. The molecule has 1 saturated carbocycles. The number of hydrogen-bond donors (Lipinski definition) is 0. The molecule has 3 aromatic rings. The molecule has 0 aromatic heterocycles. The number of carbonyl (C=O) groups excluding carboxylic acids is 1. The largest absolute Gasteiger partial charge is 0.423 e. The highest BCUT2D eigenvalue weighted by molar-refractivity contribution is 5.91. The first-order chi connectivity index (χ1) is 19.0. The molecular weight excluding hydrogens is 476 g/mol. The predicted octanol–water partition coefficient (Wildman–Crippen LogP) is 10.5. The summed E-state index contributed by atoms with van der Waals surface area (Å²) < 4.78 is 5.67. The number of aryl methyl sites for hydroxylation is 1. The van der Waals surface area contributed by atoms with Gasteiger partial charge in [0, 0.05) is 0 Å². The van der Waals surface area contributed by atoms with E-state index in [2.05, 4.69) is 57.2 Å². The molecule has 0 N–H and O–H groups in total. The van der Waals surface area contributed by atoms with Crippen molar-refractivity contribution in [2.24, 2.45) is 17.8 Å². The van der Waals surface area contributed by atoms with Gasteiger partial charge in [0.1, 0.15) is 5.75 Å². The van der Waals surface area contributed by atoms with E-state index < -0.39 is 0 Å². The van der Waals surface area contributed by atoms with Crippen molar-refractivity contribution >= 4 is 5.97 Å². The fourth-order valence-electron chi connectivity index (χ4n) is 5.93. The standard InChI is InChI=1S/C37H48O2/c1-4-6-7-8-29-9-11-30(12-10-29)13-14-31-17-25-36(26-18-31)39-37(38)35-23-21-34(22-24-35)33-19-15-32(16-20-33)27-28(3)5-2/h15-26,28-30H,4-14,27H2,1-3H3/t28-,29?,30?/m0/s1. The van der Waals surface area contributed by atoms with Crippen molar-refractivity contribution in [1.29, 1.82) is 0 Å². The molecule has 0 aliphatic heterocycles. The summed E-state index contributed by atoms with van der Waals surface area (Å²) in [5.41, 5.74) is 5.55. The Morgan fingerprint density at radius 1 is 0.744 bits per heavy atom. The molecule has 39 heavy (non-hydrogen) atoms. The first-order valence-electron chi connectivity index (χ1n) is 15.5. The highest BCUT2D eigenvalue weighted by Crippen LogP contribution is 2.34. The van der Waals surface area contributed by atoms with Crippen LogP contribution in [0.25, 0.3) is 11.1 Å². The summed E-state index contributed by atoms with van der Waals surface area (Å²) in [7, 11) is 0. The van der Waals surface area contributed by atoms with Crippen LogP contribution in [0.15, 0.2) is 72.8 Å². The summed E-state index contributed by atoms with van der Waals surface area (Å²) in [5, 5.41) is 0. The lowest BCUT2D eigenvalue weighted by Gasteiger charge is -2.28. The van der Waals surface area contributed by atoms with E-state index in [1.807, 2.05) is 36.4 Å². The summed E-state index contributed by atoms with van der Waals surface area (Å²) in [6, 6.07) is 24.6. The highest BCUT2D eigenvalue weighted by atomic mass is 16.5. The van der Waals surface area contributed by atoms with E-state index in [0.29, 0.717) is 17.2 Å². The van der Waals surface area contributed by atoms with Crippen molar-refractivity contribution in [2.45, 2.75) is 97.8 Å². The molecule has 2 nitrogen and oxygen atoms in total. The number of esters is 1. The first kappa shape index (κ1) is 29.1. The summed E-state index contributed by atoms with van der Waals surface area (Å²) in [4.78, 5) is 12.7. The maximum absolute atomic E-state index is 12.7. The molecule has 0 saturated heterocycles. The molecule has 208 valence electrons. The Labute approximate surface area is 237 Å². The molecule has 0 amide bonds. The van der Waals surface area contributed by atoms with Crippen molar-refractivity contribution in [3.05, 3.63) is 89.5 Å². The predicted molar refractivity (Wildman–Crippen MR) is 164 cm³/mol. The second-order valence-corrected chi connectivity index (χ2v) is 11.9. The third-order valence-electron chi connectivity index (χ3n) is 8.85. The van der Waals surface area contributed by atoms with Crippen molar-refractivity contribution in [1.82, 2.24) is 0 Å². The Hall–Kier alpha value is -2.87. The van der Waals surface area contributed by atoms with Gasteiger partial charge in [0.15, 0.2) is 0 Å². The van der Waals surface area contributed by atoms with Crippen LogP contribution >= 0.6 is 0 Å². The van der Waals surface area contributed by atoms with E-state index >= 15 is 0 Å². The van der Waals surface area contributed by atoms with Gasteiger partial charge in [-0.25, -0.2) is 4.79 Å². The van der Waals surface area contributed by atoms with E-state index in [4.69, 9.17) is 4.74 Å². The van der Waals surface area contributed by atoms with Gasteiger partial charge in [0.05, 0.1) is 5.56 Å². The molecule has 0 unspecified atom stereocenters. The molecule has 1 aliphatic rings. The number of carbonyl (C=O) groups is 1. The van der Waals surface area contributed by atoms with Crippen LogP contribution in [0.5, 0.6) is 5.75 Å². The number of ether oxygens (including phenoxy) is 1. The lowest BCUT2D eigenvalue weighted by molar-refractivity contribution is 0.0734. The number of rotatable bonds is 13. The fraction of sp³-hybridized carbons (Fsp3) is 0.486. The highest BCUT2D eigenvalue weighted by Gasteiger charge is 2.20. The normalized spacial score (nSPS) is 18.0. The van der Waals surface area contributed by atoms with Crippen molar-refractivity contribution in [2.75, 3.05) is 0 Å². The van der Waals surface area contributed by atoms with E-state index in [1.54, 1.807) is 0 Å². The summed E-state index contributed by atoms with van der Waals surface area (Å²) in [6.45, 7) is 6.82. The summed E-state index contributed by atoms with van der Waals surface area (Å²) >= 11 is 0. The van der Waals surface area contributed by atoms with Gasteiger partial charge < -0.3 is 4.74 Å². The van der Waals surface area contributed by atoms with Crippen LogP contribution in [0.2, 0.25) is 0 Å². The first-order valence-corrected chi connectivity index (χ1v) is 15.5. The van der Waals surface area contributed by atoms with Crippen LogP contribution in [0.3, 0.4) is 0 Å². The number of hydrogen-bond acceptors (Lipinski definition) is 2. The minimum atomic E-state index is -0.311. The number of benzene rings is 3. The summed E-state index contributed by atoms with van der Waals surface area (Å²) in [5.74, 6) is 2.85. The van der Waals surface area contributed by atoms with Gasteiger partial charge in [-0.05, 0) is 83.5 Å². The Balaban J connectivity index is 1.22. The molecule has 1 aliphatic carbocycles. The average molecular weight is 525 g/mol. The van der Waals surface area contributed by atoms with Gasteiger partial charge in [0.2, 0.25) is 0 Å². The van der Waals surface area contributed by atoms with Crippen LogP contribution in [0.4, 0.5) is 0 Å². The average Bonchev–Trinajstić information content (AvgIpc) is 2.98. The third-order valence-corrected chi connectivity index (χ3v) is 8.85. The second kappa shape index (κ2) is 15.1. The Bertz CT molecular complexity index is 1120. The van der Waals surface area contributed by atoms with Crippen molar-refractivity contribution in [3.8, 4) is 16.9 Å². The smallest absolute Gasteiger partial charge is 0.343 e. The molecule has 0 bridgehead atoms. The lowest BCUT2D eigenvalue weighted by Crippen LogP contribution is -2.15. The molecule has 0 spiro atoms. The molecule has 2 heteroatoms. The van der Waals surface area contributed by atoms with Crippen LogP contribution < -0.4 is 4.74 Å². The molecular formula is C37H48O2. The minimum absolute atomic E-state index is 0.311. The molecule has 0 heterocycles. The quantitative estimate of drug-likeness (QED) is 0.126. The van der Waals surface area contributed by atoms with E-state index in [-0.39, 0.29) is 5.97 Å². The number of unbranched alkanes of at least 4 members (excludes halogenated alkanes) is 2. The van der Waals surface area contributed by atoms with E-state index in [9.17, 15) is 4.79 Å². The molecule has 0 radical (unpaired) electrons. The maximum atomic E-state index is 12.7. The van der Waals surface area contributed by atoms with Crippen LogP contribution in [-0.2, 0) is 12.8 Å². The minimum Gasteiger partial charge on any atom is -0.423 e. The fourth-order valence-corrected chi connectivity index (χ4v) is 5.93. The van der Waals surface area contributed by atoms with Gasteiger partial charge in [-0.3, -0.25) is 0 Å². The van der Waals surface area contributed by atoms with Crippen LogP contribution in [0, 0.1) is 17.8 Å². The Morgan fingerprint density at radius 3 is 1.90 bits per heavy atom. The van der Waals surface area contributed by atoms with Gasteiger partial charge in [-0.2, -0.15) is 0 Å². The Kier molecular flexibility index (Phi) is 11.2. The Morgan fingerprint density at radius 2 is 1.31 bits per heavy atom. The zero-order valence-electron chi connectivity index (χ0n) is 24.5. The third kappa shape index (κ3) is 9.09. The van der Waals surface area contributed by atoms with Crippen molar-refractivity contribution < 1.29 is 9.53 Å². The van der Waals surface area contributed by atoms with E-state index in [1.165, 1.54) is 80.9 Å². The van der Waals surface area contributed by atoms with Crippen LogP contribution in [0.1, 0.15) is 106 Å². The maximum Gasteiger partial charge on any atom is 0.343 e. The molecule has 1 fully saturated rings. The van der Waals surface area contributed by atoms with E-state index in [0.717, 1.165) is 30.2 Å². The van der Waals surface area contributed by atoms with Crippen molar-refractivity contribution in [3.63, 3.8) is 0 Å². The van der Waals surface area contributed by atoms with Crippen LogP contribution in [-0.4, -0.2) is 5.97 Å². The second-order valence-electron chi connectivity index (χ2n) is 11.9. The van der Waals surface area contributed by atoms with Gasteiger partial charge in [0.25, 0.3) is 0 Å². The topological polar surface area (TPSA) is 26.3 Å². The monoisotopic (exact) mass is 524 g/mol. The summed E-state index contributed by atoms with van der Waals surface area (Å²) in [6.07, 6.45) is 15.9. The van der Waals surface area contributed by atoms with Gasteiger partial charge in [-0.15, -0.1) is 0 Å². The van der Waals surface area contributed by atoms with Gasteiger partial charge >= 0.3 is 5.97 Å². The molecule has 3 aromatic carbocycles. The zero-order chi connectivity index (χ0) is 27.5. The molecule has 4 rings (SSSR count). The lowest BCUT2D eigenvalue weighted by atomic mass is 9.78. The SMILES string of the molecule is CCCCCC1CCC(CCc2ccc(OC(=O)c3ccc(-c4ccc(C[C@@H](C)CC)cc4)cc3)cc2)CC1.